The number of allylic oxidation sites excluding steroid dienone is 1. The molecule has 8 heteroatoms. The molecule has 0 aromatic carbocycles. The van der Waals surface area contributed by atoms with E-state index in [0.717, 1.165) is 0 Å². The van der Waals surface area contributed by atoms with Gasteiger partial charge in [-0.15, -0.1) is 3.89 Å². The highest BCUT2D eigenvalue weighted by atomic mass is 32.3. The molecular weight excluding hydrogens is 219 g/mol. The van der Waals surface area contributed by atoms with Crippen molar-refractivity contribution in [2.24, 2.45) is 0 Å². The molecule has 0 radical (unpaired) electrons. The lowest BCUT2D eigenvalue weighted by atomic mass is 10.2. The van der Waals surface area contributed by atoms with Crippen molar-refractivity contribution in [1.82, 2.24) is 0 Å². The van der Waals surface area contributed by atoms with E-state index >= 15 is 0 Å². The van der Waals surface area contributed by atoms with Crippen LogP contribution >= 0.6 is 0 Å². The standard InChI is InChI=1S/C5H5F5O2S/c6-4(7)3(5(8)9)1-2-13(10,11)12/h4H,1-2H2. The van der Waals surface area contributed by atoms with Crippen molar-refractivity contribution in [3.05, 3.63) is 11.7 Å². The molecule has 0 amide bonds. The molecule has 0 rings (SSSR count). The largest absolute Gasteiger partial charge is 0.302 e. The second kappa shape index (κ2) is 4.54. The Balaban J connectivity index is 4.42. The van der Waals surface area contributed by atoms with Gasteiger partial charge in [0.05, 0.1) is 11.3 Å². The Labute approximate surface area is 71.3 Å². The quantitative estimate of drug-likeness (QED) is 0.541. The summed E-state index contributed by atoms with van der Waals surface area (Å²) in [5, 5.41) is 0. The van der Waals surface area contributed by atoms with E-state index in [9.17, 15) is 29.9 Å². The predicted octanol–water partition coefficient (Wildman–Crippen LogP) is 2.09. The summed E-state index contributed by atoms with van der Waals surface area (Å²) in [4.78, 5) is 0. The molecule has 0 spiro atoms. The third-order valence-corrected chi connectivity index (χ3v) is 1.81. The molecule has 0 saturated carbocycles. The van der Waals surface area contributed by atoms with Crippen molar-refractivity contribution < 1.29 is 29.9 Å². The third-order valence-electron chi connectivity index (χ3n) is 1.12. The van der Waals surface area contributed by atoms with Crippen molar-refractivity contribution in [3.8, 4) is 0 Å². The van der Waals surface area contributed by atoms with Gasteiger partial charge >= 0.3 is 10.2 Å². The van der Waals surface area contributed by atoms with E-state index in [4.69, 9.17) is 0 Å². The number of hydrogen-bond acceptors (Lipinski definition) is 2. The van der Waals surface area contributed by atoms with Gasteiger partial charge in [0.25, 0.3) is 12.5 Å². The number of hydrogen-bond donors (Lipinski definition) is 0. The molecule has 0 aromatic heterocycles. The van der Waals surface area contributed by atoms with Gasteiger partial charge in [-0.05, 0) is 6.42 Å². The van der Waals surface area contributed by atoms with Gasteiger partial charge in [-0.2, -0.15) is 17.2 Å². The summed E-state index contributed by atoms with van der Waals surface area (Å²) >= 11 is 0. The number of rotatable bonds is 4. The summed E-state index contributed by atoms with van der Waals surface area (Å²) in [6.07, 6.45) is -7.33. The van der Waals surface area contributed by atoms with E-state index in [2.05, 4.69) is 0 Å². The topological polar surface area (TPSA) is 34.1 Å². The molecule has 0 aliphatic heterocycles. The number of alkyl halides is 2. The molecule has 0 aliphatic carbocycles. The monoisotopic (exact) mass is 224 g/mol. The molecule has 0 heterocycles. The van der Waals surface area contributed by atoms with Gasteiger partial charge in [0.1, 0.15) is 0 Å². The van der Waals surface area contributed by atoms with Crippen LogP contribution in [0.2, 0.25) is 0 Å². The fraction of sp³-hybridized carbons (Fsp3) is 0.600. The Morgan fingerprint density at radius 1 is 1.23 bits per heavy atom. The summed E-state index contributed by atoms with van der Waals surface area (Å²) in [5.41, 5.74) is -1.64. The van der Waals surface area contributed by atoms with E-state index < -0.39 is 40.5 Å². The van der Waals surface area contributed by atoms with E-state index in [1.54, 1.807) is 0 Å². The van der Waals surface area contributed by atoms with Gasteiger partial charge in [-0.1, -0.05) is 0 Å². The van der Waals surface area contributed by atoms with Gasteiger partial charge in [0.2, 0.25) is 0 Å². The minimum absolute atomic E-state index is 1.20. The van der Waals surface area contributed by atoms with Crippen LogP contribution < -0.4 is 0 Å². The van der Waals surface area contributed by atoms with Crippen LogP contribution in [0.3, 0.4) is 0 Å². The Bertz CT molecular complexity index is 290. The predicted molar refractivity (Wildman–Crippen MR) is 34.8 cm³/mol. The normalized spacial score (nSPS) is 11.8. The molecule has 13 heavy (non-hydrogen) atoms. The fourth-order valence-corrected chi connectivity index (χ4v) is 0.982. The van der Waals surface area contributed by atoms with Crippen molar-refractivity contribution in [3.63, 3.8) is 0 Å². The molecule has 0 N–H and O–H groups in total. The summed E-state index contributed by atoms with van der Waals surface area (Å²) in [6.45, 7) is 0. The molecule has 78 valence electrons. The Hall–Kier alpha value is -0.660. The molecule has 0 fully saturated rings. The molecule has 0 unspecified atom stereocenters. The average molecular weight is 224 g/mol. The van der Waals surface area contributed by atoms with Crippen LogP contribution in [0, 0.1) is 0 Å². The minimum atomic E-state index is -4.99. The second-order valence-corrected chi connectivity index (χ2v) is 3.57. The molecule has 2 nitrogen and oxygen atoms in total. The van der Waals surface area contributed by atoms with Crippen LogP contribution in [0.15, 0.2) is 11.7 Å². The minimum Gasteiger partial charge on any atom is -0.205 e. The Morgan fingerprint density at radius 3 is 1.92 bits per heavy atom. The lowest BCUT2D eigenvalue weighted by molar-refractivity contribution is 0.175. The fourth-order valence-electron chi connectivity index (χ4n) is 0.518. The first kappa shape index (κ1) is 12.3. The first-order valence-electron chi connectivity index (χ1n) is 2.98. The van der Waals surface area contributed by atoms with Crippen molar-refractivity contribution in [2.45, 2.75) is 12.8 Å². The van der Waals surface area contributed by atoms with Crippen molar-refractivity contribution in [1.29, 1.82) is 0 Å². The van der Waals surface area contributed by atoms with Gasteiger partial charge < -0.3 is 0 Å². The zero-order valence-corrected chi connectivity index (χ0v) is 6.92. The van der Waals surface area contributed by atoms with Crippen LogP contribution in [0.4, 0.5) is 21.4 Å². The van der Waals surface area contributed by atoms with E-state index in [-0.39, 0.29) is 0 Å². The molecule has 0 atom stereocenters. The van der Waals surface area contributed by atoms with Crippen molar-refractivity contribution in [2.75, 3.05) is 5.75 Å². The lowest BCUT2D eigenvalue weighted by Crippen LogP contribution is -2.06. The Morgan fingerprint density at radius 2 is 1.69 bits per heavy atom. The summed E-state index contributed by atoms with van der Waals surface area (Å²) < 4.78 is 77.9. The maximum absolute atomic E-state index is 11.7. The molecule has 0 aliphatic rings. The van der Waals surface area contributed by atoms with Crippen LogP contribution in [-0.4, -0.2) is 20.6 Å². The lowest BCUT2D eigenvalue weighted by Gasteiger charge is -2.01. The van der Waals surface area contributed by atoms with Crippen LogP contribution in [0.25, 0.3) is 0 Å². The van der Waals surface area contributed by atoms with Crippen LogP contribution in [-0.2, 0) is 10.2 Å². The molecule has 0 aromatic rings. The maximum Gasteiger partial charge on any atom is 0.302 e. The van der Waals surface area contributed by atoms with E-state index in [0.29, 0.717) is 0 Å². The van der Waals surface area contributed by atoms with E-state index in [1.807, 2.05) is 0 Å². The average Bonchev–Trinajstić information content (AvgIpc) is 1.82. The van der Waals surface area contributed by atoms with Crippen LogP contribution in [0.5, 0.6) is 0 Å². The molecular formula is C5H5F5O2S. The highest BCUT2D eigenvalue weighted by Gasteiger charge is 2.20. The maximum atomic E-state index is 11.7. The summed E-state index contributed by atoms with van der Waals surface area (Å²) in [7, 11) is -4.99. The number of halogens is 5. The van der Waals surface area contributed by atoms with Gasteiger partial charge in [0, 0.05) is 0 Å². The zero-order valence-electron chi connectivity index (χ0n) is 6.11. The first-order valence-corrected chi connectivity index (χ1v) is 4.54. The zero-order chi connectivity index (χ0) is 10.6. The Kier molecular flexibility index (Phi) is 4.31. The SMILES string of the molecule is O=S(=O)(F)CCC(=C(F)F)C(F)F. The van der Waals surface area contributed by atoms with Crippen molar-refractivity contribution >= 4 is 10.2 Å². The third kappa shape index (κ3) is 5.56. The van der Waals surface area contributed by atoms with E-state index in [1.165, 1.54) is 0 Å². The van der Waals surface area contributed by atoms with Crippen LogP contribution in [0.1, 0.15) is 6.42 Å². The summed E-state index contributed by atoms with van der Waals surface area (Å²) in [5.74, 6) is -1.36. The summed E-state index contributed by atoms with van der Waals surface area (Å²) in [6, 6.07) is 0. The van der Waals surface area contributed by atoms with Gasteiger partial charge in [0.15, 0.2) is 0 Å². The first-order chi connectivity index (χ1) is 5.74. The van der Waals surface area contributed by atoms with Gasteiger partial charge in [-0.25, -0.2) is 8.78 Å². The van der Waals surface area contributed by atoms with Gasteiger partial charge in [-0.3, -0.25) is 0 Å². The highest BCUT2D eigenvalue weighted by molar-refractivity contribution is 7.86. The highest BCUT2D eigenvalue weighted by Crippen LogP contribution is 2.20. The second-order valence-electron chi connectivity index (χ2n) is 2.08. The molecule has 0 saturated heterocycles. The molecule has 0 bridgehead atoms. The smallest absolute Gasteiger partial charge is 0.205 e.